The minimum absolute atomic E-state index is 0.625. The summed E-state index contributed by atoms with van der Waals surface area (Å²) in [5, 5.41) is 5.59. The lowest BCUT2D eigenvalue weighted by atomic mass is 9.91. The zero-order valence-corrected chi connectivity index (χ0v) is 9.75. The van der Waals surface area contributed by atoms with Gasteiger partial charge >= 0.3 is 0 Å². The predicted molar refractivity (Wildman–Crippen MR) is 59.1 cm³/mol. The smallest absolute Gasteiger partial charge is 0.0575 e. The van der Waals surface area contributed by atoms with Crippen LogP contribution in [-0.4, -0.2) is 37.8 Å². The van der Waals surface area contributed by atoms with E-state index in [1.54, 1.807) is 7.11 Å². The summed E-state index contributed by atoms with van der Waals surface area (Å²) >= 11 is 0. The van der Waals surface area contributed by atoms with Gasteiger partial charge in [0.05, 0.1) is 7.11 Å². The molecule has 1 N–H and O–H groups in total. The van der Waals surface area contributed by atoms with E-state index in [0.717, 1.165) is 12.6 Å². The highest BCUT2D eigenvalue weighted by Gasteiger charge is 2.23. The predicted octanol–water partition coefficient (Wildman–Crippen LogP) is 1.79. The molecular weight excluding hydrogens is 176 g/mol. The Bertz CT molecular complexity index is 144. The average Bonchev–Trinajstić information content (AvgIpc) is 2.26. The minimum Gasteiger partial charge on any atom is -0.314 e. The van der Waals surface area contributed by atoms with Gasteiger partial charge in [0.15, 0.2) is 0 Å². The van der Waals surface area contributed by atoms with Gasteiger partial charge in [-0.1, -0.05) is 6.92 Å². The SMILES string of the molecule is CCCNC1CCC(N(C)OC)CC1. The van der Waals surface area contributed by atoms with E-state index in [9.17, 15) is 0 Å². The molecule has 0 unspecified atom stereocenters. The molecule has 0 aromatic heterocycles. The topological polar surface area (TPSA) is 24.5 Å². The fourth-order valence-corrected chi connectivity index (χ4v) is 2.14. The summed E-state index contributed by atoms with van der Waals surface area (Å²) in [6, 6.07) is 1.37. The van der Waals surface area contributed by atoms with Crippen molar-refractivity contribution >= 4 is 0 Å². The van der Waals surface area contributed by atoms with Crippen molar-refractivity contribution in [2.24, 2.45) is 0 Å². The summed E-state index contributed by atoms with van der Waals surface area (Å²) in [7, 11) is 3.78. The van der Waals surface area contributed by atoms with Crippen molar-refractivity contribution in [3.05, 3.63) is 0 Å². The Hall–Kier alpha value is -0.120. The van der Waals surface area contributed by atoms with E-state index in [-0.39, 0.29) is 0 Å². The molecule has 0 bridgehead atoms. The second-order valence-electron chi connectivity index (χ2n) is 4.19. The molecule has 0 saturated heterocycles. The van der Waals surface area contributed by atoms with E-state index in [2.05, 4.69) is 12.2 Å². The highest BCUT2D eigenvalue weighted by Crippen LogP contribution is 2.22. The molecule has 0 aliphatic heterocycles. The first-order valence-electron chi connectivity index (χ1n) is 5.78. The van der Waals surface area contributed by atoms with E-state index in [4.69, 9.17) is 4.84 Å². The van der Waals surface area contributed by atoms with Crippen molar-refractivity contribution in [3.8, 4) is 0 Å². The third-order valence-electron chi connectivity index (χ3n) is 3.18. The number of nitrogens with zero attached hydrogens (tertiary/aromatic N) is 1. The average molecular weight is 200 g/mol. The lowest BCUT2D eigenvalue weighted by Gasteiger charge is -2.33. The maximum atomic E-state index is 5.22. The van der Waals surface area contributed by atoms with Gasteiger partial charge in [-0.25, -0.2) is 0 Å². The third-order valence-corrected chi connectivity index (χ3v) is 3.18. The first-order valence-corrected chi connectivity index (χ1v) is 5.78. The van der Waals surface area contributed by atoms with Crippen LogP contribution in [0.4, 0.5) is 0 Å². The number of hydrogen-bond acceptors (Lipinski definition) is 3. The van der Waals surface area contributed by atoms with Crippen LogP contribution in [0, 0.1) is 0 Å². The van der Waals surface area contributed by atoms with E-state index in [0.29, 0.717) is 6.04 Å². The molecule has 3 heteroatoms. The Balaban J connectivity index is 2.17. The Kier molecular flexibility index (Phi) is 5.45. The van der Waals surface area contributed by atoms with Crippen LogP contribution >= 0.6 is 0 Å². The monoisotopic (exact) mass is 200 g/mol. The van der Waals surface area contributed by atoms with Gasteiger partial charge in [0.1, 0.15) is 0 Å². The highest BCUT2D eigenvalue weighted by molar-refractivity contribution is 4.79. The van der Waals surface area contributed by atoms with E-state index in [1.165, 1.54) is 32.1 Å². The lowest BCUT2D eigenvalue weighted by Crippen LogP contribution is -2.40. The van der Waals surface area contributed by atoms with Crippen LogP contribution in [0.25, 0.3) is 0 Å². The van der Waals surface area contributed by atoms with Crippen molar-refractivity contribution in [3.63, 3.8) is 0 Å². The molecule has 84 valence electrons. The number of hydroxylamine groups is 2. The van der Waals surface area contributed by atoms with Crippen molar-refractivity contribution in [1.29, 1.82) is 0 Å². The summed E-state index contributed by atoms with van der Waals surface area (Å²) in [6.45, 7) is 3.38. The summed E-state index contributed by atoms with van der Waals surface area (Å²) in [5.41, 5.74) is 0. The number of rotatable bonds is 5. The number of nitrogens with one attached hydrogen (secondary N) is 1. The Morgan fingerprint density at radius 1 is 1.29 bits per heavy atom. The highest BCUT2D eigenvalue weighted by atomic mass is 16.7. The molecule has 0 heterocycles. The van der Waals surface area contributed by atoms with Crippen LogP contribution in [0.5, 0.6) is 0 Å². The molecule has 14 heavy (non-hydrogen) atoms. The van der Waals surface area contributed by atoms with Crippen LogP contribution in [0.15, 0.2) is 0 Å². The quantitative estimate of drug-likeness (QED) is 0.685. The first-order chi connectivity index (χ1) is 6.77. The van der Waals surface area contributed by atoms with Gasteiger partial charge in [-0.3, -0.25) is 0 Å². The summed E-state index contributed by atoms with van der Waals surface area (Å²) in [4.78, 5) is 5.22. The molecule has 0 aromatic carbocycles. The van der Waals surface area contributed by atoms with Gasteiger partial charge in [-0.2, -0.15) is 5.06 Å². The zero-order valence-electron chi connectivity index (χ0n) is 9.75. The molecular formula is C11H24N2O. The molecule has 1 fully saturated rings. The molecule has 0 amide bonds. The van der Waals surface area contributed by atoms with Gasteiger partial charge in [0.2, 0.25) is 0 Å². The van der Waals surface area contributed by atoms with Gasteiger partial charge in [0, 0.05) is 19.1 Å². The summed E-state index contributed by atoms with van der Waals surface area (Å²) in [6.07, 6.45) is 6.33. The zero-order chi connectivity index (χ0) is 10.4. The Morgan fingerprint density at radius 2 is 1.93 bits per heavy atom. The Morgan fingerprint density at radius 3 is 2.43 bits per heavy atom. The van der Waals surface area contributed by atoms with Crippen molar-refractivity contribution < 1.29 is 4.84 Å². The molecule has 3 nitrogen and oxygen atoms in total. The normalized spacial score (nSPS) is 28.3. The van der Waals surface area contributed by atoms with Gasteiger partial charge in [-0.05, 0) is 38.6 Å². The molecule has 1 saturated carbocycles. The van der Waals surface area contributed by atoms with Crippen LogP contribution in [0.2, 0.25) is 0 Å². The fourth-order valence-electron chi connectivity index (χ4n) is 2.14. The van der Waals surface area contributed by atoms with E-state index < -0.39 is 0 Å². The molecule has 0 radical (unpaired) electrons. The molecule has 1 rings (SSSR count). The maximum Gasteiger partial charge on any atom is 0.0575 e. The second-order valence-corrected chi connectivity index (χ2v) is 4.19. The van der Waals surface area contributed by atoms with Crippen molar-refractivity contribution in [2.75, 3.05) is 20.7 Å². The van der Waals surface area contributed by atoms with E-state index >= 15 is 0 Å². The Labute approximate surface area is 87.8 Å². The molecule has 0 aromatic rings. The summed E-state index contributed by atoms with van der Waals surface area (Å²) < 4.78 is 0. The van der Waals surface area contributed by atoms with Crippen molar-refractivity contribution in [2.45, 2.75) is 51.1 Å². The van der Waals surface area contributed by atoms with Crippen molar-refractivity contribution in [1.82, 2.24) is 10.4 Å². The maximum absolute atomic E-state index is 5.22. The van der Waals surface area contributed by atoms with Gasteiger partial charge in [0.25, 0.3) is 0 Å². The largest absolute Gasteiger partial charge is 0.314 e. The minimum atomic E-state index is 0.625. The standard InChI is InChI=1S/C11H24N2O/c1-4-9-12-10-5-7-11(8-6-10)13(2)14-3/h10-12H,4-9H2,1-3H3. The fraction of sp³-hybridized carbons (Fsp3) is 1.00. The first kappa shape index (κ1) is 12.0. The molecule has 0 spiro atoms. The summed E-state index contributed by atoms with van der Waals surface area (Å²) in [5.74, 6) is 0. The van der Waals surface area contributed by atoms with Crippen LogP contribution in [0.1, 0.15) is 39.0 Å². The van der Waals surface area contributed by atoms with Crippen LogP contribution < -0.4 is 5.32 Å². The van der Waals surface area contributed by atoms with Gasteiger partial charge in [-0.15, -0.1) is 0 Å². The second kappa shape index (κ2) is 6.38. The molecule has 0 atom stereocenters. The third kappa shape index (κ3) is 3.56. The number of hydrogen-bond donors (Lipinski definition) is 1. The van der Waals surface area contributed by atoms with Gasteiger partial charge < -0.3 is 10.2 Å². The van der Waals surface area contributed by atoms with Crippen LogP contribution in [0.3, 0.4) is 0 Å². The van der Waals surface area contributed by atoms with E-state index in [1.807, 2.05) is 12.1 Å². The molecule has 1 aliphatic rings. The molecule has 1 aliphatic carbocycles. The van der Waals surface area contributed by atoms with Crippen LogP contribution in [-0.2, 0) is 4.84 Å². The lowest BCUT2D eigenvalue weighted by molar-refractivity contribution is -0.148.